The molecule has 4 heteroatoms. The molecule has 146 valence electrons. The Kier molecular flexibility index (Phi) is 5.21. The first kappa shape index (κ1) is 18.7. The van der Waals surface area contributed by atoms with E-state index in [-0.39, 0.29) is 12.0 Å². The number of rotatable bonds is 5. The summed E-state index contributed by atoms with van der Waals surface area (Å²) in [5.41, 5.74) is 4.63. The fraction of sp³-hybridized carbons (Fsp3) is 0.417. The van der Waals surface area contributed by atoms with Crippen LogP contribution in [0.15, 0.2) is 42.5 Å². The normalized spacial score (nSPS) is 19.7. The summed E-state index contributed by atoms with van der Waals surface area (Å²) in [6.45, 7) is 3.81. The monoisotopic (exact) mass is 376 g/mol. The van der Waals surface area contributed by atoms with Crippen molar-refractivity contribution < 1.29 is 9.53 Å². The number of ketones is 1. The Bertz CT molecular complexity index is 980. The van der Waals surface area contributed by atoms with Gasteiger partial charge in [0.2, 0.25) is 0 Å². The molecule has 0 bridgehead atoms. The number of imidazole rings is 1. The van der Waals surface area contributed by atoms with Crippen LogP contribution in [0, 0.1) is 12.8 Å². The van der Waals surface area contributed by atoms with Gasteiger partial charge in [-0.1, -0.05) is 29.8 Å². The van der Waals surface area contributed by atoms with Gasteiger partial charge in [0.1, 0.15) is 17.4 Å². The van der Waals surface area contributed by atoms with E-state index in [0.717, 1.165) is 54.7 Å². The Morgan fingerprint density at radius 3 is 2.50 bits per heavy atom. The smallest absolute Gasteiger partial charge is 0.132 e. The molecule has 3 aromatic rings. The van der Waals surface area contributed by atoms with E-state index < -0.39 is 0 Å². The summed E-state index contributed by atoms with van der Waals surface area (Å²) in [6.07, 6.45) is 4.78. The number of benzene rings is 2. The van der Waals surface area contributed by atoms with E-state index in [1.54, 1.807) is 6.92 Å². The Morgan fingerprint density at radius 1 is 1.11 bits per heavy atom. The Labute approximate surface area is 166 Å². The van der Waals surface area contributed by atoms with E-state index in [2.05, 4.69) is 48.9 Å². The molecule has 0 saturated heterocycles. The van der Waals surface area contributed by atoms with E-state index in [1.807, 2.05) is 12.1 Å². The van der Waals surface area contributed by atoms with Crippen molar-refractivity contribution in [2.75, 3.05) is 0 Å². The maximum absolute atomic E-state index is 11.5. The molecule has 0 N–H and O–H groups in total. The molecule has 1 aromatic heterocycles. The lowest BCUT2D eigenvalue weighted by Gasteiger charge is -2.27. The number of carbonyl (C=O) groups excluding carboxylic acids is 1. The van der Waals surface area contributed by atoms with Gasteiger partial charge in [0.25, 0.3) is 0 Å². The lowest BCUT2D eigenvalue weighted by atomic mass is 9.85. The number of carbonyl (C=O) groups is 1. The van der Waals surface area contributed by atoms with Gasteiger partial charge >= 0.3 is 0 Å². The zero-order valence-electron chi connectivity index (χ0n) is 16.9. The van der Waals surface area contributed by atoms with Crippen LogP contribution in [0.3, 0.4) is 0 Å². The largest absolute Gasteiger partial charge is 0.490 e. The molecule has 0 radical (unpaired) electrons. The molecule has 4 rings (SSSR count). The molecular formula is C24H28N2O2. The summed E-state index contributed by atoms with van der Waals surface area (Å²) in [7, 11) is 2.07. The highest BCUT2D eigenvalue weighted by molar-refractivity contribution is 5.78. The Morgan fingerprint density at radius 2 is 1.82 bits per heavy atom. The maximum atomic E-state index is 11.5. The van der Waals surface area contributed by atoms with Crippen LogP contribution < -0.4 is 4.74 Å². The Balaban J connectivity index is 1.48. The molecule has 4 nitrogen and oxygen atoms in total. The van der Waals surface area contributed by atoms with Gasteiger partial charge in [-0.25, -0.2) is 4.98 Å². The molecule has 0 spiro atoms. The Hall–Kier alpha value is -2.62. The minimum Gasteiger partial charge on any atom is -0.490 e. The van der Waals surface area contributed by atoms with Gasteiger partial charge in [-0.3, -0.25) is 4.79 Å². The van der Waals surface area contributed by atoms with Crippen LogP contribution in [-0.2, 0) is 18.3 Å². The van der Waals surface area contributed by atoms with Crippen molar-refractivity contribution in [3.05, 3.63) is 59.4 Å². The van der Waals surface area contributed by atoms with Crippen LogP contribution in [0.25, 0.3) is 11.0 Å². The van der Waals surface area contributed by atoms with Crippen LogP contribution in [-0.4, -0.2) is 21.4 Å². The molecule has 1 saturated carbocycles. The van der Waals surface area contributed by atoms with Gasteiger partial charge in [0.15, 0.2) is 0 Å². The molecule has 0 atom stereocenters. The number of nitrogens with zero attached hydrogens (tertiary/aromatic N) is 2. The molecule has 0 aliphatic heterocycles. The lowest BCUT2D eigenvalue weighted by molar-refractivity contribution is -0.122. The van der Waals surface area contributed by atoms with Crippen molar-refractivity contribution >= 4 is 16.8 Å². The second-order valence-electron chi connectivity index (χ2n) is 8.10. The quantitative estimate of drug-likeness (QED) is 0.629. The first-order valence-corrected chi connectivity index (χ1v) is 10.2. The summed E-state index contributed by atoms with van der Waals surface area (Å²) < 4.78 is 8.38. The highest BCUT2D eigenvalue weighted by Crippen LogP contribution is 2.29. The van der Waals surface area contributed by atoms with Gasteiger partial charge in [0.05, 0.1) is 17.1 Å². The van der Waals surface area contributed by atoms with Crippen molar-refractivity contribution in [1.29, 1.82) is 0 Å². The SMILES string of the molecule is CC(=O)C1CCC(Oc2ccc3c(c2)nc(Cc2ccc(C)cc2)n3C)CC1. The molecule has 1 aliphatic rings. The van der Waals surface area contributed by atoms with Gasteiger partial charge < -0.3 is 9.30 Å². The van der Waals surface area contributed by atoms with E-state index in [1.165, 1.54) is 11.1 Å². The van der Waals surface area contributed by atoms with E-state index in [0.29, 0.717) is 5.78 Å². The van der Waals surface area contributed by atoms with Crippen molar-refractivity contribution in [1.82, 2.24) is 9.55 Å². The average molecular weight is 377 g/mol. The van der Waals surface area contributed by atoms with E-state index >= 15 is 0 Å². The number of fused-ring (bicyclic) bond motifs is 1. The highest BCUT2D eigenvalue weighted by atomic mass is 16.5. The third-order valence-corrected chi connectivity index (χ3v) is 5.98. The molecule has 0 unspecified atom stereocenters. The summed E-state index contributed by atoms with van der Waals surface area (Å²) in [5, 5.41) is 0. The highest BCUT2D eigenvalue weighted by Gasteiger charge is 2.25. The summed E-state index contributed by atoms with van der Waals surface area (Å²) in [4.78, 5) is 16.4. The lowest BCUT2D eigenvalue weighted by Crippen LogP contribution is -2.26. The number of ether oxygens (including phenoxy) is 1. The minimum absolute atomic E-state index is 0.198. The minimum atomic E-state index is 0.198. The average Bonchev–Trinajstić information content (AvgIpc) is 2.99. The molecule has 28 heavy (non-hydrogen) atoms. The number of Topliss-reactive ketones (excluding diaryl/α,β-unsaturated/α-hetero) is 1. The zero-order valence-corrected chi connectivity index (χ0v) is 16.9. The molecule has 2 aromatic carbocycles. The third kappa shape index (κ3) is 3.96. The third-order valence-electron chi connectivity index (χ3n) is 5.98. The second-order valence-corrected chi connectivity index (χ2v) is 8.10. The van der Waals surface area contributed by atoms with Crippen molar-refractivity contribution in [3.63, 3.8) is 0 Å². The van der Waals surface area contributed by atoms with Crippen LogP contribution in [0.1, 0.15) is 49.6 Å². The summed E-state index contributed by atoms with van der Waals surface area (Å²) in [6, 6.07) is 14.8. The van der Waals surface area contributed by atoms with Crippen molar-refractivity contribution in [3.8, 4) is 5.75 Å². The zero-order chi connectivity index (χ0) is 19.7. The predicted octanol–water partition coefficient (Wildman–Crippen LogP) is 5.00. The van der Waals surface area contributed by atoms with Gasteiger partial charge in [-0.2, -0.15) is 0 Å². The summed E-state index contributed by atoms with van der Waals surface area (Å²) in [5.74, 6) is 2.47. The predicted molar refractivity (Wildman–Crippen MR) is 112 cm³/mol. The molecular weight excluding hydrogens is 348 g/mol. The maximum Gasteiger partial charge on any atom is 0.132 e. The van der Waals surface area contributed by atoms with Crippen molar-refractivity contribution in [2.24, 2.45) is 13.0 Å². The van der Waals surface area contributed by atoms with Gasteiger partial charge in [-0.05, 0) is 57.2 Å². The molecule has 1 heterocycles. The fourth-order valence-corrected chi connectivity index (χ4v) is 4.13. The van der Waals surface area contributed by atoms with Crippen LogP contribution in [0.4, 0.5) is 0 Å². The molecule has 1 fully saturated rings. The first-order valence-electron chi connectivity index (χ1n) is 10.2. The first-order chi connectivity index (χ1) is 13.5. The number of aryl methyl sites for hydroxylation is 2. The molecule has 1 aliphatic carbocycles. The van der Waals surface area contributed by atoms with Crippen LogP contribution in [0.2, 0.25) is 0 Å². The number of aromatic nitrogens is 2. The standard InChI is InChI=1S/C24H28N2O2/c1-16-4-6-18(7-5-16)14-24-25-22-15-21(12-13-23(22)26(24)3)28-20-10-8-19(9-11-20)17(2)27/h4-7,12-13,15,19-20H,8-11,14H2,1-3H3. The second kappa shape index (κ2) is 7.78. The van der Waals surface area contributed by atoms with E-state index in [9.17, 15) is 4.79 Å². The topological polar surface area (TPSA) is 44.1 Å². The van der Waals surface area contributed by atoms with Crippen LogP contribution >= 0.6 is 0 Å². The van der Waals surface area contributed by atoms with Crippen LogP contribution in [0.5, 0.6) is 5.75 Å². The summed E-state index contributed by atoms with van der Waals surface area (Å²) >= 11 is 0. The number of hydrogen-bond acceptors (Lipinski definition) is 3. The van der Waals surface area contributed by atoms with E-state index in [4.69, 9.17) is 9.72 Å². The van der Waals surface area contributed by atoms with Gasteiger partial charge in [-0.15, -0.1) is 0 Å². The fourth-order valence-electron chi connectivity index (χ4n) is 4.13. The molecule has 0 amide bonds. The van der Waals surface area contributed by atoms with Crippen molar-refractivity contribution in [2.45, 2.75) is 52.1 Å². The van der Waals surface area contributed by atoms with Gasteiger partial charge in [0, 0.05) is 25.5 Å². The number of hydrogen-bond donors (Lipinski definition) is 0.